The molecule has 160 valence electrons. The standard InChI is InChI=1S/C10H19NO2.C7H13NO3.C2H7N/c1-4-10(9(12)11-5-2)6-8(10)7-13-3;1-8-7(6(9)10)3-5(7)4-11-2;1-2-3/h8H,4-7H2,1-3H3,(H,11,12);5,8H,3-4H2,1-2H3,(H,9,10);2-3H2,1H3/t8-,10+;5-,7-;/m11./s1. The van der Waals surface area contributed by atoms with E-state index in [-0.39, 0.29) is 17.2 Å². The van der Waals surface area contributed by atoms with Gasteiger partial charge in [-0.2, -0.15) is 0 Å². The van der Waals surface area contributed by atoms with E-state index in [0.717, 1.165) is 25.9 Å². The molecule has 1 amide bonds. The van der Waals surface area contributed by atoms with Gasteiger partial charge in [0.15, 0.2) is 0 Å². The molecule has 2 aliphatic rings. The summed E-state index contributed by atoms with van der Waals surface area (Å²) in [7, 11) is 4.95. The molecule has 0 aromatic heterocycles. The van der Waals surface area contributed by atoms with Crippen molar-refractivity contribution in [2.24, 2.45) is 23.0 Å². The summed E-state index contributed by atoms with van der Waals surface area (Å²) in [6, 6.07) is 0. The second kappa shape index (κ2) is 12.3. The van der Waals surface area contributed by atoms with Crippen molar-refractivity contribution in [3.05, 3.63) is 0 Å². The zero-order valence-corrected chi connectivity index (χ0v) is 17.8. The van der Waals surface area contributed by atoms with Crippen LogP contribution in [-0.4, -0.2) is 70.1 Å². The number of methoxy groups -OCH3 is 2. The Morgan fingerprint density at radius 1 is 1.11 bits per heavy atom. The second-order valence-electron chi connectivity index (χ2n) is 7.02. The fourth-order valence-corrected chi connectivity index (χ4v) is 3.42. The van der Waals surface area contributed by atoms with Gasteiger partial charge in [0.1, 0.15) is 5.54 Å². The van der Waals surface area contributed by atoms with Crippen LogP contribution in [-0.2, 0) is 19.1 Å². The van der Waals surface area contributed by atoms with Gasteiger partial charge >= 0.3 is 5.97 Å². The van der Waals surface area contributed by atoms with Crippen LogP contribution >= 0.6 is 0 Å². The predicted molar refractivity (Wildman–Crippen MR) is 106 cm³/mol. The highest BCUT2D eigenvalue weighted by atomic mass is 16.5. The maximum Gasteiger partial charge on any atom is 0.324 e. The number of carboxylic acids is 1. The van der Waals surface area contributed by atoms with E-state index in [1.165, 1.54) is 0 Å². The molecule has 0 aliphatic heterocycles. The lowest BCUT2D eigenvalue weighted by atomic mass is 9.99. The molecular weight excluding hydrogens is 350 g/mol. The van der Waals surface area contributed by atoms with Gasteiger partial charge in [0.05, 0.1) is 18.6 Å². The molecule has 27 heavy (non-hydrogen) atoms. The average molecular weight is 390 g/mol. The van der Waals surface area contributed by atoms with Crippen molar-refractivity contribution in [2.75, 3.05) is 47.6 Å². The van der Waals surface area contributed by atoms with Gasteiger partial charge in [0.25, 0.3) is 0 Å². The number of carbonyl (C=O) groups is 2. The van der Waals surface area contributed by atoms with Gasteiger partial charge < -0.3 is 30.9 Å². The van der Waals surface area contributed by atoms with Crippen LogP contribution in [0.4, 0.5) is 0 Å². The third kappa shape index (κ3) is 6.71. The number of nitrogens with two attached hydrogens (primary N) is 1. The van der Waals surface area contributed by atoms with E-state index >= 15 is 0 Å². The Kier molecular flexibility index (Phi) is 11.7. The maximum atomic E-state index is 11.7. The largest absolute Gasteiger partial charge is 0.480 e. The third-order valence-electron chi connectivity index (χ3n) is 5.32. The molecule has 2 aliphatic carbocycles. The first kappa shape index (κ1) is 25.8. The monoisotopic (exact) mass is 389 g/mol. The minimum Gasteiger partial charge on any atom is -0.480 e. The fraction of sp³-hybridized carbons (Fsp3) is 0.895. The van der Waals surface area contributed by atoms with E-state index < -0.39 is 11.5 Å². The molecule has 0 spiro atoms. The van der Waals surface area contributed by atoms with E-state index in [0.29, 0.717) is 25.6 Å². The Hall–Kier alpha value is -1.22. The Morgan fingerprint density at radius 3 is 1.96 bits per heavy atom. The first-order valence-corrected chi connectivity index (χ1v) is 9.68. The van der Waals surface area contributed by atoms with Crippen molar-refractivity contribution in [1.82, 2.24) is 10.6 Å². The van der Waals surface area contributed by atoms with E-state index in [2.05, 4.69) is 17.6 Å². The summed E-state index contributed by atoms with van der Waals surface area (Å²) < 4.78 is 9.94. The molecule has 0 radical (unpaired) electrons. The van der Waals surface area contributed by atoms with Crippen molar-refractivity contribution in [1.29, 1.82) is 0 Å². The van der Waals surface area contributed by atoms with Gasteiger partial charge in [0, 0.05) is 26.7 Å². The number of ether oxygens (including phenoxy) is 2. The third-order valence-corrected chi connectivity index (χ3v) is 5.32. The van der Waals surface area contributed by atoms with Gasteiger partial charge in [-0.3, -0.25) is 9.59 Å². The first-order chi connectivity index (χ1) is 12.8. The number of hydrogen-bond donors (Lipinski definition) is 4. The Morgan fingerprint density at radius 2 is 1.63 bits per heavy atom. The molecule has 0 bridgehead atoms. The summed E-state index contributed by atoms with van der Waals surface area (Å²) in [5.41, 5.74) is 4.04. The normalized spacial score (nSPS) is 30.2. The minimum atomic E-state index is -0.776. The molecule has 4 atom stereocenters. The topological polar surface area (TPSA) is 123 Å². The van der Waals surface area contributed by atoms with Crippen LogP contribution in [0.15, 0.2) is 0 Å². The number of aliphatic carboxylic acids is 1. The van der Waals surface area contributed by atoms with Gasteiger partial charge in [-0.05, 0) is 45.7 Å². The van der Waals surface area contributed by atoms with Gasteiger partial charge in [-0.25, -0.2) is 0 Å². The number of amides is 1. The minimum absolute atomic E-state index is 0.105. The van der Waals surface area contributed by atoms with Crippen molar-refractivity contribution < 1.29 is 24.2 Å². The number of rotatable bonds is 9. The molecule has 0 aromatic rings. The van der Waals surface area contributed by atoms with E-state index in [1.54, 1.807) is 21.3 Å². The van der Waals surface area contributed by atoms with Crippen LogP contribution in [0.25, 0.3) is 0 Å². The van der Waals surface area contributed by atoms with Crippen LogP contribution in [0.1, 0.15) is 40.0 Å². The Bertz CT molecular complexity index is 463. The summed E-state index contributed by atoms with van der Waals surface area (Å²) in [4.78, 5) is 22.4. The highest BCUT2D eigenvalue weighted by Gasteiger charge is 2.59. The Balaban J connectivity index is 0.000000442. The van der Waals surface area contributed by atoms with Gasteiger partial charge in [-0.15, -0.1) is 0 Å². The molecule has 0 unspecified atom stereocenters. The summed E-state index contributed by atoms with van der Waals surface area (Å²) in [6.07, 6.45) is 2.59. The number of carboxylic acid groups (broad SMARTS) is 1. The number of carbonyl (C=O) groups excluding carboxylic acids is 1. The lowest BCUT2D eigenvalue weighted by Gasteiger charge is -2.13. The predicted octanol–water partition coefficient (Wildman–Crippen LogP) is 0.846. The van der Waals surface area contributed by atoms with Gasteiger partial charge in [-0.1, -0.05) is 13.8 Å². The molecule has 5 N–H and O–H groups in total. The number of nitrogens with one attached hydrogen (secondary N) is 2. The highest BCUT2D eigenvalue weighted by Crippen LogP contribution is 2.55. The molecule has 2 saturated carbocycles. The molecule has 0 aromatic carbocycles. The second-order valence-corrected chi connectivity index (χ2v) is 7.02. The van der Waals surface area contributed by atoms with Crippen LogP contribution < -0.4 is 16.4 Å². The van der Waals surface area contributed by atoms with Gasteiger partial charge in [0.2, 0.25) is 5.91 Å². The van der Waals surface area contributed by atoms with E-state index in [9.17, 15) is 9.59 Å². The van der Waals surface area contributed by atoms with E-state index in [4.69, 9.17) is 20.3 Å². The summed E-state index contributed by atoms with van der Waals surface area (Å²) in [6.45, 7) is 8.64. The smallest absolute Gasteiger partial charge is 0.324 e. The molecule has 2 fully saturated rings. The van der Waals surface area contributed by atoms with Crippen molar-refractivity contribution in [3.8, 4) is 0 Å². The van der Waals surface area contributed by atoms with E-state index in [1.807, 2.05) is 13.8 Å². The van der Waals surface area contributed by atoms with Crippen LogP contribution in [0.5, 0.6) is 0 Å². The number of likely N-dealkylation sites (N-methyl/N-ethyl adjacent to an activating group) is 1. The summed E-state index contributed by atoms with van der Waals surface area (Å²) in [5.74, 6) is 0.00523. The zero-order valence-electron chi connectivity index (χ0n) is 17.8. The molecule has 8 nitrogen and oxygen atoms in total. The van der Waals surface area contributed by atoms with Crippen LogP contribution in [0.3, 0.4) is 0 Å². The van der Waals surface area contributed by atoms with Crippen LogP contribution in [0, 0.1) is 17.3 Å². The lowest BCUT2D eigenvalue weighted by Crippen LogP contribution is -2.39. The van der Waals surface area contributed by atoms with Crippen molar-refractivity contribution >= 4 is 11.9 Å². The fourth-order valence-electron chi connectivity index (χ4n) is 3.42. The first-order valence-electron chi connectivity index (χ1n) is 9.68. The summed E-state index contributed by atoms with van der Waals surface area (Å²) in [5, 5.41) is 14.5. The molecule has 8 heteroatoms. The molecular formula is C19H39N3O5. The maximum absolute atomic E-state index is 11.7. The molecule has 0 saturated heterocycles. The molecule has 0 heterocycles. The number of hydrogen-bond acceptors (Lipinski definition) is 6. The van der Waals surface area contributed by atoms with Crippen LogP contribution in [0.2, 0.25) is 0 Å². The average Bonchev–Trinajstić information content (AvgIpc) is 3.52. The molecule has 2 rings (SSSR count). The van der Waals surface area contributed by atoms with Crippen molar-refractivity contribution in [2.45, 2.75) is 45.6 Å². The lowest BCUT2D eigenvalue weighted by molar-refractivity contribution is -0.141. The zero-order chi connectivity index (χ0) is 21.1. The Labute approximate surface area is 163 Å². The summed E-state index contributed by atoms with van der Waals surface area (Å²) >= 11 is 0. The SMILES string of the molecule is CCN.CCNC(=O)[C@@]1(CC)C[C@@H]1COC.CN[C@]1(C(=O)O)C[C@@H]1COC. The quantitative estimate of drug-likeness (QED) is 0.461. The highest BCUT2D eigenvalue weighted by molar-refractivity contribution is 5.85. The van der Waals surface area contributed by atoms with Crippen molar-refractivity contribution in [3.63, 3.8) is 0 Å².